The maximum atomic E-state index is 3.38. The molecule has 0 amide bonds. The van der Waals surface area contributed by atoms with Gasteiger partial charge in [-0.15, -0.1) is 0 Å². The summed E-state index contributed by atoms with van der Waals surface area (Å²) in [6.45, 7) is 10.7. The summed E-state index contributed by atoms with van der Waals surface area (Å²) >= 11 is 0. The Morgan fingerprint density at radius 3 is 2.22 bits per heavy atom. The van der Waals surface area contributed by atoms with Crippen molar-refractivity contribution in [3.8, 4) is 0 Å². The molecule has 0 aromatic rings. The van der Waals surface area contributed by atoms with E-state index in [1.54, 1.807) is 0 Å². The molecule has 0 aliphatic carbocycles. The number of hydrogen-bond acceptors (Lipinski definition) is 1. The lowest BCUT2D eigenvalue weighted by atomic mass is 9.69. The molecule has 0 aromatic carbocycles. The second-order valence-corrected chi connectivity index (χ2v) is 3.29. The molecule has 0 aromatic heterocycles. The van der Waals surface area contributed by atoms with Gasteiger partial charge in [-0.2, -0.15) is 0 Å². The first kappa shape index (κ1) is 9.02. The molecule has 1 nitrogen and oxygen atoms in total. The fourth-order valence-corrected chi connectivity index (χ4v) is 0.661. The van der Waals surface area contributed by atoms with E-state index in [0.29, 0.717) is 6.85 Å². The number of rotatable bonds is 4. The quantitative estimate of drug-likeness (QED) is 0.568. The van der Waals surface area contributed by atoms with Crippen LogP contribution in [-0.2, 0) is 0 Å². The van der Waals surface area contributed by atoms with Gasteiger partial charge in [0, 0.05) is 0 Å². The van der Waals surface area contributed by atoms with Crippen LogP contribution in [0.4, 0.5) is 0 Å². The van der Waals surface area contributed by atoms with E-state index in [0.717, 1.165) is 12.5 Å². The SMILES string of the molecule is CB(C)NCCC(C)C. The highest BCUT2D eigenvalue weighted by atomic mass is 14.8. The van der Waals surface area contributed by atoms with Crippen molar-refractivity contribution in [1.29, 1.82) is 0 Å². The molecule has 0 atom stereocenters. The lowest BCUT2D eigenvalue weighted by Crippen LogP contribution is -2.28. The van der Waals surface area contributed by atoms with Crippen LogP contribution >= 0.6 is 0 Å². The van der Waals surface area contributed by atoms with Crippen molar-refractivity contribution >= 4 is 6.85 Å². The van der Waals surface area contributed by atoms with Crippen molar-refractivity contribution in [2.75, 3.05) is 6.54 Å². The van der Waals surface area contributed by atoms with Crippen molar-refractivity contribution < 1.29 is 0 Å². The largest absolute Gasteiger partial charge is 0.356 e. The van der Waals surface area contributed by atoms with Gasteiger partial charge in [0.2, 0.25) is 6.85 Å². The molecule has 0 aliphatic rings. The molecule has 0 heterocycles. The van der Waals surface area contributed by atoms with E-state index in [1.165, 1.54) is 6.42 Å². The van der Waals surface area contributed by atoms with E-state index in [2.05, 4.69) is 32.7 Å². The summed E-state index contributed by atoms with van der Waals surface area (Å²) in [7, 11) is 0. The first-order valence-electron chi connectivity index (χ1n) is 3.86. The topological polar surface area (TPSA) is 12.0 Å². The second kappa shape index (κ2) is 4.86. The molecule has 0 aliphatic heterocycles. The van der Waals surface area contributed by atoms with Crippen molar-refractivity contribution in [3.63, 3.8) is 0 Å². The van der Waals surface area contributed by atoms with Crippen LogP contribution in [0, 0.1) is 5.92 Å². The Labute approximate surface area is 59.3 Å². The van der Waals surface area contributed by atoms with Crippen molar-refractivity contribution in [1.82, 2.24) is 5.23 Å². The third kappa shape index (κ3) is 8.02. The third-order valence-electron chi connectivity index (χ3n) is 1.27. The smallest absolute Gasteiger partial charge is 0.213 e. The van der Waals surface area contributed by atoms with Gasteiger partial charge in [-0.05, 0) is 18.9 Å². The highest BCUT2D eigenvalue weighted by Crippen LogP contribution is 1.96. The van der Waals surface area contributed by atoms with E-state index in [9.17, 15) is 0 Å². The molecular formula is C7H18BN. The van der Waals surface area contributed by atoms with Crippen LogP contribution in [0.5, 0.6) is 0 Å². The van der Waals surface area contributed by atoms with E-state index in [4.69, 9.17) is 0 Å². The average molecular weight is 127 g/mol. The van der Waals surface area contributed by atoms with Crippen LogP contribution in [0.15, 0.2) is 0 Å². The summed E-state index contributed by atoms with van der Waals surface area (Å²) in [5, 5.41) is 3.38. The molecule has 2 heteroatoms. The minimum absolute atomic E-state index is 0.642. The fourth-order valence-electron chi connectivity index (χ4n) is 0.661. The summed E-state index contributed by atoms with van der Waals surface area (Å²) in [6, 6.07) is 0. The van der Waals surface area contributed by atoms with Crippen molar-refractivity contribution in [2.45, 2.75) is 33.9 Å². The third-order valence-corrected chi connectivity index (χ3v) is 1.27. The number of hydrogen-bond donors (Lipinski definition) is 1. The minimum Gasteiger partial charge on any atom is -0.356 e. The molecular weight excluding hydrogens is 109 g/mol. The first-order chi connectivity index (χ1) is 4.13. The Morgan fingerprint density at radius 2 is 1.89 bits per heavy atom. The van der Waals surface area contributed by atoms with Gasteiger partial charge in [0.1, 0.15) is 0 Å². The summed E-state index contributed by atoms with van der Waals surface area (Å²) < 4.78 is 0. The molecule has 0 radical (unpaired) electrons. The lowest BCUT2D eigenvalue weighted by molar-refractivity contribution is 0.580. The molecule has 0 saturated carbocycles. The molecule has 1 N–H and O–H groups in total. The maximum Gasteiger partial charge on any atom is 0.213 e. The molecule has 0 unspecified atom stereocenters. The Hall–Kier alpha value is 0.0249. The van der Waals surface area contributed by atoms with E-state index >= 15 is 0 Å². The molecule has 0 spiro atoms. The minimum atomic E-state index is 0.642. The normalized spacial score (nSPS) is 10.3. The monoisotopic (exact) mass is 127 g/mol. The molecule has 0 saturated heterocycles. The lowest BCUT2D eigenvalue weighted by Gasteiger charge is -2.06. The predicted octanol–water partition coefficient (Wildman–Crippen LogP) is 1.87. The van der Waals surface area contributed by atoms with Gasteiger partial charge >= 0.3 is 0 Å². The Bertz CT molecular complexity index is 53.9. The highest BCUT2D eigenvalue weighted by Gasteiger charge is 1.97. The van der Waals surface area contributed by atoms with Gasteiger partial charge in [-0.25, -0.2) is 0 Å². The Balaban J connectivity index is 2.91. The molecule has 9 heavy (non-hydrogen) atoms. The zero-order chi connectivity index (χ0) is 7.28. The van der Waals surface area contributed by atoms with E-state index in [1.807, 2.05) is 0 Å². The zero-order valence-corrected chi connectivity index (χ0v) is 7.07. The van der Waals surface area contributed by atoms with Gasteiger partial charge in [0.25, 0.3) is 0 Å². The standard InChI is InChI=1S/C7H18BN/c1-7(2)5-6-9-8(3)4/h7,9H,5-6H2,1-4H3. The summed E-state index contributed by atoms with van der Waals surface area (Å²) in [5.74, 6) is 0.830. The molecule has 0 rings (SSSR count). The Kier molecular flexibility index (Phi) is 4.88. The van der Waals surface area contributed by atoms with Gasteiger partial charge < -0.3 is 5.23 Å². The van der Waals surface area contributed by atoms with Gasteiger partial charge in [0.15, 0.2) is 0 Å². The first-order valence-corrected chi connectivity index (χ1v) is 3.86. The van der Waals surface area contributed by atoms with Crippen LogP contribution < -0.4 is 5.23 Å². The fraction of sp³-hybridized carbons (Fsp3) is 1.00. The molecule has 0 fully saturated rings. The van der Waals surface area contributed by atoms with Crippen LogP contribution in [0.1, 0.15) is 20.3 Å². The van der Waals surface area contributed by atoms with Crippen LogP contribution in [0.2, 0.25) is 13.6 Å². The van der Waals surface area contributed by atoms with Crippen LogP contribution in [0.25, 0.3) is 0 Å². The molecule has 0 bridgehead atoms. The van der Waals surface area contributed by atoms with Crippen LogP contribution in [-0.4, -0.2) is 13.4 Å². The van der Waals surface area contributed by atoms with E-state index in [-0.39, 0.29) is 0 Å². The zero-order valence-electron chi connectivity index (χ0n) is 7.07. The molecule has 54 valence electrons. The predicted molar refractivity (Wildman–Crippen MR) is 44.9 cm³/mol. The summed E-state index contributed by atoms with van der Waals surface area (Å²) in [5.41, 5.74) is 0. The highest BCUT2D eigenvalue weighted by molar-refractivity contribution is 6.52. The Morgan fingerprint density at radius 1 is 1.33 bits per heavy atom. The average Bonchev–Trinajstić information content (AvgIpc) is 1.63. The number of nitrogens with one attached hydrogen (secondary N) is 1. The summed E-state index contributed by atoms with van der Waals surface area (Å²) in [6.07, 6.45) is 1.29. The summed E-state index contributed by atoms with van der Waals surface area (Å²) in [4.78, 5) is 0. The van der Waals surface area contributed by atoms with Gasteiger partial charge in [0.05, 0.1) is 0 Å². The van der Waals surface area contributed by atoms with Gasteiger partial charge in [-0.3, -0.25) is 0 Å². The maximum absolute atomic E-state index is 3.38. The van der Waals surface area contributed by atoms with Crippen molar-refractivity contribution in [2.24, 2.45) is 5.92 Å². The van der Waals surface area contributed by atoms with Gasteiger partial charge in [-0.1, -0.05) is 27.5 Å². The van der Waals surface area contributed by atoms with Crippen LogP contribution in [0.3, 0.4) is 0 Å². The van der Waals surface area contributed by atoms with E-state index < -0.39 is 0 Å². The second-order valence-electron chi connectivity index (χ2n) is 3.29. The van der Waals surface area contributed by atoms with Crippen molar-refractivity contribution in [3.05, 3.63) is 0 Å².